The highest BCUT2D eigenvalue weighted by molar-refractivity contribution is 5.96. The van der Waals surface area contributed by atoms with Gasteiger partial charge in [-0.05, 0) is 29.7 Å². The second kappa shape index (κ2) is 6.15. The second-order valence-corrected chi connectivity index (χ2v) is 5.01. The van der Waals surface area contributed by atoms with Gasteiger partial charge in [0, 0.05) is 0 Å². The van der Waals surface area contributed by atoms with E-state index in [4.69, 9.17) is 9.47 Å². The first kappa shape index (κ1) is 14.5. The summed E-state index contributed by atoms with van der Waals surface area (Å²) in [5.74, 6) is -0.676. The molecule has 1 aliphatic rings. The molecule has 2 aromatic carbocycles. The summed E-state index contributed by atoms with van der Waals surface area (Å²) >= 11 is 0. The highest BCUT2D eigenvalue weighted by Crippen LogP contribution is 2.31. The maximum absolute atomic E-state index is 13.9. The lowest BCUT2D eigenvalue weighted by atomic mass is 9.97. The zero-order chi connectivity index (χ0) is 15.5. The molecule has 0 saturated heterocycles. The molecule has 0 spiro atoms. The number of carbonyl (C=O) groups is 1. The van der Waals surface area contributed by atoms with Crippen molar-refractivity contribution in [3.63, 3.8) is 0 Å². The smallest absolute Gasteiger partial charge is 0.258 e. The number of rotatable bonds is 3. The van der Waals surface area contributed by atoms with E-state index in [1.54, 1.807) is 6.07 Å². The summed E-state index contributed by atoms with van der Waals surface area (Å²) in [6, 6.07) is 12.0. The lowest BCUT2D eigenvalue weighted by molar-refractivity contribution is -0.128. The number of nitrogens with one attached hydrogen (secondary N) is 1. The number of hydrogen-bond acceptors (Lipinski definition) is 3. The van der Waals surface area contributed by atoms with E-state index in [0.717, 1.165) is 17.5 Å². The minimum atomic E-state index is -0.741. The number of fused-ring (bicyclic) bond motifs is 1. The number of carbonyl (C=O) groups excluding carboxylic acids is 1. The van der Waals surface area contributed by atoms with Crippen LogP contribution in [0.1, 0.15) is 17.2 Å². The number of anilines is 1. The van der Waals surface area contributed by atoms with Crippen molar-refractivity contribution >= 4 is 11.6 Å². The van der Waals surface area contributed by atoms with Crippen LogP contribution < -0.4 is 10.1 Å². The van der Waals surface area contributed by atoms with E-state index in [-0.39, 0.29) is 11.4 Å². The lowest BCUT2D eigenvalue weighted by Crippen LogP contribution is -2.28. The Kier molecular flexibility index (Phi) is 4.06. The lowest BCUT2D eigenvalue weighted by Gasteiger charge is -2.25. The van der Waals surface area contributed by atoms with Gasteiger partial charge < -0.3 is 14.8 Å². The van der Waals surface area contributed by atoms with Crippen molar-refractivity contribution in [1.82, 2.24) is 0 Å². The Hall–Kier alpha value is -2.40. The number of amides is 1. The number of methoxy groups -OCH3 is 1. The molecule has 114 valence electrons. The molecule has 1 amide bonds. The number of para-hydroxylation sites is 1. The van der Waals surface area contributed by atoms with Crippen molar-refractivity contribution in [3.8, 4) is 5.75 Å². The monoisotopic (exact) mass is 301 g/mol. The minimum absolute atomic E-state index is 0.0293. The number of ether oxygens (including phenoxy) is 2. The van der Waals surface area contributed by atoms with Crippen LogP contribution in [-0.2, 0) is 16.0 Å². The molecule has 1 atom stereocenters. The third-order valence-electron chi connectivity index (χ3n) is 3.68. The number of benzene rings is 2. The number of hydrogen-bond donors (Lipinski definition) is 1. The first-order valence-corrected chi connectivity index (χ1v) is 7.03. The van der Waals surface area contributed by atoms with E-state index in [0.29, 0.717) is 6.61 Å². The Morgan fingerprint density at radius 2 is 2.09 bits per heavy atom. The van der Waals surface area contributed by atoms with E-state index in [1.807, 2.05) is 24.3 Å². The van der Waals surface area contributed by atoms with Crippen LogP contribution in [0.5, 0.6) is 5.75 Å². The molecule has 1 N–H and O–H groups in total. The Morgan fingerprint density at radius 3 is 2.91 bits per heavy atom. The van der Waals surface area contributed by atoms with Gasteiger partial charge in [0.25, 0.3) is 5.91 Å². The summed E-state index contributed by atoms with van der Waals surface area (Å²) in [5, 5.41) is 2.58. The molecule has 0 aliphatic carbocycles. The van der Waals surface area contributed by atoms with Gasteiger partial charge in [-0.25, -0.2) is 4.39 Å². The van der Waals surface area contributed by atoms with Gasteiger partial charge in [0.2, 0.25) is 0 Å². The zero-order valence-corrected chi connectivity index (χ0v) is 12.1. The topological polar surface area (TPSA) is 47.6 Å². The number of halogens is 1. The first-order chi connectivity index (χ1) is 10.7. The van der Waals surface area contributed by atoms with Crippen LogP contribution >= 0.6 is 0 Å². The van der Waals surface area contributed by atoms with Crippen LogP contribution in [0.2, 0.25) is 0 Å². The Balaban J connectivity index is 1.88. The fourth-order valence-corrected chi connectivity index (χ4v) is 2.60. The summed E-state index contributed by atoms with van der Waals surface area (Å²) in [5.41, 5.74) is 1.93. The molecule has 0 aromatic heterocycles. The minimum Gasteiger partial charge on any atom is -0.494 e. The fraction of sp³-hybridized carbons (Fsp3) is 0.235. The van der Waals surface area contributed by atoms with Crippen molar-refractivity contribution < 1.29 is 18.7 Å². The maximum atomic E-state index is 13.9. The van der Waals surface area contributed by atoms with Crippen LogP contribution in [-0.4, -0.2) is 19.6 Å². The van der Waals surface area contributed by atoms with Crippen molar-refractivity contribution in [2.75, 3.05) is 19.0 Å². The van der Waals surface area contributed by atoms with E-state index in [1.165, 1.54) is 19.2 Å². The molecule has 4 nitrogen and oxygen atoms in total. The largest absolute Gasteiger partial charge is 0.494 e. The molecule has 22 heavy (non-hydrogen) atoms. The molecule has 1 heterocycles. The summed E-state index contributed by atoms with van der Waals surface area (Å²) in [4.78, 5) is 12.5. The molecular formula is C17H16FNO3. The van der Waals surface area contributed by atoms with Crippen molar-refractivity contribution in [1.29, 1.82) is 0 Å². The summed E-state index contributed by atoms with van der Waals surface area (Å²) < 4.78 is 24.6. The van der Waals surface area contributed by atoms with Gasteiger partial charge in [0.15, 0.2) is 11.9 Å². The Morgan fingerprint density at radius 1 is 1.27 bits per heavy atom. The summed E-state index contributed by atoms with van der Waals surface area (Å²) in [6.07, 6.45) is 0.0254. The Bertz CT molecular complexity index is 702. The SMILES string of the molecule is COc1cccc(F)c1NC(=O)C1OCCc2ccccc21. The maximum Gasteiger partial charge on any atom is 0.258 e. The summed E-state index contributed by atoms with van der Waals surface area (Å²) in [6.45, 7) is 0.462. The molecule has 0 bridgehead atoms. The van der Waals surface area contributed by atoms with Crippen molar-refractivity contribution in [2.24, 2.45) is 0 Å². The van der Waals surface area contributed by atoms with Crippen LogP contribution in [0.15, 0.2) is 42.5 Å². The molecular weight excluding hydrogens is 285 g/mol. The van der Waals surface area contributed by atoms with E-state index in [9.17, 15) is 9.18 Å². The zero-order valence-electron chi connectivity index (χ0n) is 12.1. The van der Waals surface area contributed by atoms with Crippen LogP contribution in [0.3, 0.4) is 0 Å². The molecule has 0 saturated carbocycles. The molecule has 2 aromatic rings. The van der Waals surface area contributed by atoms with Gasteiger partial charge in [-0.3, -0.25) is 4.79 Å². The molecule has 3 rings (SSSR count). The highest BCUT2D eigenvalue weighted by atomic mass is 19.1. The average Bonchev–Trinajstić information content (AvgIpc) is 2.56. The molecule has 1 unspecified atom stereocenters. The normalized spacial score (nSPS) is 16.7. The fourth-order valence-electron chi connectivity index (χ4n) is 2.60. The third-order valence-corrected chi connectivity index (χ3v) is 3.68. The van der Waals surface area contributed by atoms with Gasteiger partial charge in [-0.15, -0.1) is 0 Å². The van der Waals surface area contributed by atoms with Crippen molar-refractivity contribution in [3.05, 3.63) is 59.4 Å². The van der Waals surface area contributed by atoms with Crippen LogP contribution in [0.4, 0.5) is 10.1 Å². The van der Waals surface area contributed by atoms with Crippen LogP contribution in [0, 0.1) is 5.82 Å². The predicted molar refractivity (Wildman–Crippen MR) is 80.4 cm³/mol. The Labute approximate surface area is 127 Å². The van der Waals surface area contributed by atoms with E-state index in [2.05, 4.69) is 5.32 Å². The molecule has 0 radical (unpaired) electrons. The molecule has 0 fully saturated rings. The van der Waals surface area contributed by atoms with E-state index < -0.39 is 17.8 Å². The van der Waals surface area contributed by atoms with Gasteiger partial charge >= 0.3 is 0 Å². The molecule has 5 heteroatoms. The third kappa shape index (κ3) is 2.67. The first-order valence-electron chi connectivity index (χ1n) is 7.03. The highest BCUT2D eigenvalue weighted by Gasteiger charge is 2.28. The van der Waals surface area contributed by atoms with Crippen LogP contribution in [0.25, 0.3) is 0 Å². The van der Waals surface area contributed by atoms with Gasteiger partial charge in [-0.1, -0.05) is 30.3 Å². The average molecular weight is 301 g/mol. The predicted octanol–water partition coefficient (Wildman–Crippen LogP) is 3.09. The molecule has 1 aliphatic heterocycles. The van der Waals surface area contributed by atoms with Crippen molar-refractivity contribution in [2.45, 2.75) is 12.5 Å². The summed E-state index contributed by atoms with van der Waals surface area (Å²) in [7, 11) is 1.43. The van der Waals surface area contributed by atoms with Gasteiger partial charge in [0.05, 0.1) is 13.7 Å². The second-order valence-electron chi connectivity index (χ2n) is 5.01. The van der Waals surface area contributed by atoms with E-state index >= 15 is 0 Å². The quantitative estimate of drug-likeness (QED) is 0.947. The van der Waals surface area contributed by atoms with Gasteiger partial charge in [0.1, 0.15) is 11.4 Å². The van der Waals surface area contributed by atoms with Gasteiger partial charge in [-0.2, -0.15) is 0 Å². The standard InChI is InChI=1S/C17H16FNO3/c1-21-14-8-4-7-13(18)15(14)19-17(20)16-12-6-3-2-5-11(12)9-10-22-16/h2-8,16H,9-10H2,1H3,(H,19,20).